The summed E-state index contributed by atoms with van der Waals surface area (Å²) < 4.78 is 7.33. The number of benzene rings is 1. The number of pyridine rings is 1. The molecule has 124 valence electrons. The van der Waals surface area contributed by atoms with Gasteiger partial charge in [-0.25, -0.2) is 0 Å². The molecule has 0 radical (unpaired) electrons. The maximum Gasteiger partial charge on any atom is 0.196 e. The highest BCUT2D eigenvalue weighted by atomic mass is 32.2. The molecule has 0 fully saturated rings. The topological polar surface area (TPSA) is 69.6 Å². The largest absolute Gasteiger partial charge is 0.360 e. The van der Waals surface area contributed by atoms with Crippen molar-refractivity contribution in [3.63, 3.8) is 0 Å². The lowest BCUT2D eigenvalue weighted by molar-refractivity contribution is 0.391. The zero-order chi connectivity index (χ0) is 17.1. The second kappa shape index (κ2) is 6.90. The van der Waals surface area contributed by atoms with E-state index in [2.05, 4.69) is 20.3 Å². The Morgan fingerprint density at radius 3 is 2.56 bits per heavy atom. The highest BCUT2D eigenvalue weighted by Gasteiger charge is 2.16. The molecule has 25 heavy (non-hydrogen) atoms. The molecule has 0 aliphatic carbocycles. The Morgan fingerprint density at radius 2 is 1.84 bits per heavy atom. The summed E-state index contributed by atoms with van der Waals surface area (Å²) in [4.78, 5) is 4.08. The van der Waals surface area contributed by atoms with Crippen LogP contribution in [-0.2, 0) is 5.75 Å². The van der Waals surface area contributed by atoms with Gasteiger partial charge in [0.2, 0.25) is 0 Å². The summed E-state index contributed by atoms with van der Waals surface area (Å²) in [5, 5.41) is 13.5. The van der Waals surface area contributed by atoms with Gasteiger partial charge in [-0.1, -0.05) is 35.1 Å². The molecule has 0 bridgehead atoms. The Hall–Kier alpha value is -2.93. The molecule has 0 spiro atoms. The van der Waals surface area contributed by atoms with Crippen LogP contribution in [0.25, 0.3) is 17.1 Å². The normalized spacial score (nSPS) is 10.9. The number of rotatable bonds is 5. The minimum absolute atomic E-state index is 0.641. The molecule has 0 atom stereocenters. The van der Waals surface area contributed by atoms with Crippen molar-refractivity contribution in [1.29, 1.82) is 0 Å². The Labute approximate surface area is 148 Å². The van der Waals surface area contributed by atoms with E-state index in [9.17, 15) is 0 Å². The van der Waals surface area contributed by atoms with Gasteiger partial charge in [-0.2, -0.15) is 0 Å². The quantitative estimate of drug-likeness (QED) is 0.509. The molecule has 4 rings (SSSR count). The SMILES string of the molecule is Cc1cc(CSc2nnc(-c3ccncc3)n2-c2ccccc2)on1. The summed E-state index contributed by atoms with van der Waals surface area (Å²) in [6, 6.07) is 15.9. The van der Waals surface area contributed by atoms with Crippen LogP contribution >= 0.6 is 11.8 Å². The summed E-state index contributed by atoms with van der Waals surface area (Å²) >= 11 is 1.56. The van der Waals surface area contributed by atoms with Gasteiger partial charge in [-0.3, -0.25) is 9.55 Å². The monoisotopic (exact) mass is 349 g/mol. The summed E-state index contributed by atoms with van der Waals surface area (Å²) in [7, 11) is 0. The molecule has 4 aromatic rings. The highest BCUT2D eigenvalue weighted by molar-refractivity contribution is 7.98. The number of nitrogens with zero attached hydrogens (tertiary/aromatic N) is 5. The minimum atomic E-state index is 0.641. The molecule has 0 unspecified atom stereocenters. The summed E-state index contributed by atoms with van der Waals surface area (Å²) in [6.45, 7) is 1.91. The molecule has 0 aliphatic heterocycles. The first-order valence-electron chi connectivity index (χ1n) is 7.77. The summed E-state index contributed by atoms with van der Waals surface area (Å²) in [6.07, 6.45) is 3.51. The predicted molar refractivity (Wildman–Crippen MR) is 95.4 cm³/mol. The second-order valence-electron chi connectivity index (χ2n) is 5.44. The molecule has 6 nitrogen and oxygen atoms in total. The lowest BCUT2D eigenvalue weighted by atomic mass is 10.2. The van der Waals surface area contributed by atoms with Gasteiger partial charge in [-0.05, 0) is 31.2 Å². The number of aryl methyl sites for hydroxylation is 1. The van der Waals surface area contributed by atoms with E-state index in [0.717, 1.165) is 33.7 Å². The third-order valence-electron chi connectivity index (χ3n) is 3.61. The van der Waals surface area contributed by atoms with Gasteiger partial charge < -0.3 is 4.52 Å². The van der Waals surface area contributed by atoms with Crippen molar-refractivity contribution in [2.45, 2.75) is 17.8 Å². The van der Waals surface area contributed by atoms with Crippen LogP contribution in [0.15, 0.2) is 70.6 Å². The van der Waals surface area contributed by atoms with Crippen LogP contribution in [0.5, 0.6) is 0 Å². The lowest BCUT2D eigenvalue weighted by Crippen LogP contribution is -1.99. The number of hydrogen-bond acceptors (Lipinski definition) is 6. The van der Waals surface area contributed by atoms with Gasteiger partial charge in [0, 0.05) is 29.7 Å². The van der Waals surface area contributed by atoms with Crippen LogP contribution in [-0.4, -0.2) is 24.9 Å². The number of para-hydroxylation sites is 1. The highest BCUT2D eigenvalue weighted by Crippen LogP contribution is 2.29. The van der Waals surface area contributed by atoms with E-state index in [1.807, 2.05) is 60.0 Å². The zero-order valence-corrected chi connectivity index (χ0v) is 14.3. The maximum atomic E-state index is 5.29. The van der Waals surface area contributed by atoms with Gasteiger partial charge in [0.25, 0.3) is 0 Å². The predicted octanol–water partition coefficient (Wildman–Crippen LogP) is 3.92. The van der Waals surface area contributed by atoms with E-state index in [1.54, 1.807) is 24.2 Å². The second-order valence-corrected chi connectivity index (χ2v) is 6.38. The number of hydrogen-bond donors (Lipinski definition) is 0. The van der Waals surface area contributed by atoms with Crippen LogP contribution in [0, 0.1) is 6.92 Å². The van der Waals surface area contributed by atoms with E-state index in [0.29, 0.717) is 5.75 Å². The Bertz CT molecular complexity index is 966. The first kappa shape index (κ1) is 15.6. The van der Waals surface area contributed by atoms with Crippen molar-refractivity contribution in [1.82, 2.24) is 24.9 Å². The molecular weight excluding hydrogens is 334 g/mol. The van der Waals surface area contributed by atoms with Crippen LogP contribution < -0.4 is 0 Å². The average Bonchev–Trinajstić information content (AvgIpc) is 3.27. The first-order chi connectivity index (χ1) is 12.3. The Balaban J connectivity index is 1.73. The van der Waals surface area contributed by atoms with Crippen molar-refractivity contribution in [2.24, 2.45) is 0 Å². The standard InChI is InChI=1S/C18H15N5OS/c1-13-11-16(24-22-13)12-25-18-21-20-17(14-7-9-19-10-8-14)23(18)15-5-3-2-4-6-15/h2-11H,12H2,1H3. The fourth-order valence-corrected chi connectivity index (χ4v) is 3.31. The van der Waals surface area contributed by atoms with Gasteiger partial charge in [-0.15, -0.1) is 10.2 Å². The molecule has 0 aliphatic rings. The van der Waals surface area contributed by atoms with Crippen LogP contribution in [0.2, 0.25) is 0 Å². The van der Waals surface area contributed by atoms with E-state index >= 15 is 0 Å². The van der Waals surface area contributed by atoms with Gasteiger partial charge in [0.15, 0.2) is 11.0 Å². The third kappa shape index (κ3) is 3.32. The first-order valence-corrected chi connectivity index (χ1v) is 8.76. The van der Waals surface area contributed by atoms with Gasteiger partial charge in [0.1, 0.15) is 5.76 Å². The van der Waals surface area contributed by atoms with Gasteiger partial charge >= 0.3 is 0 Å². The molecule has 7 heteroatoms. The minimum Gasteiger partial charge on any atom is -0.360 e. The van der Waals surface area contributed by atoms with Crippen LogP contribution in [0.4, 0.5) is 0 Å². The summed E-state index contributed by atoms with van der Waals surface area (Å²) in [5.41, 5.74) is 2.85. The van der Waals surface area contributed by atoms with E-state index < -0.39 is 0 Å². The lowest BCUT2D eigenvalue weighted by Gasteiger charge is -2.09. The molecule has 3 heterocycles. The van der Waals surface area contributed by atoms with E-state index in [1.165, 1.54) is 0 Å². The molecular formula is C18H15N5OS. The molecule has 0 N–H and O–H groups in total. The van der Waals surface area contributed by atoms with Crippen molar-refractivity contribution < 1.29 is 4.52 Å². The fraction of sp³-hybridized carbons (Fsp3) is 0.111. The number of thioether (sulfide) groups is 1. The molecule has 1 aromatic carbocycles. The number of aromatic nitrogens is 5. The van der Waals surface area contributed by atoms with E-state index in [-0.39, 0.29) is 0 Å². The van der Waals surface area contributed by atoms with Crippen molar-refractivity contribution >= 4 is 11.8 Å². The zero-order valence-electron chi connectivity index (χ0n) is 13.5. The van der Waals surface area contributed by atoms with E-state index in [4.69, 9.17) is 4.52 Å². The van der Waals surface area contributed by atoms with Crippen LogP contribution in [0.3, 0.4) is 0 Å². The smallest absolute Gasteiger partial charge is 0.196 e. The average molecular weight is 349 g/mol. The molecule has 0 saturated heterocycles. The molecule has 0 saturated carbocycles. The molecule has 0 amide bonds. The van der Waals surface area contributed by atoms with Crippen molar-refractivity contribution in [2.75, 3.05) is 0 Å². The fourth-order valence-electron chi connectivity index (χ4n) is 2.48. The Morgan fingerprint density at radius 1 is 1.04 bits per heavy atom. The maximum absolute atomic E-state index is 5.29. The van der Waals surface area contributed by atoms with Gasteiger partial charge in [0.05, 0.1) is 11.4 Å². The summed E-state index contributed by atoms with van der Waals surface area (Å²) in [5.74, 6) is 2.24. The van der Waals surface area contributed by atoms with Crippen LogP contribution in [0.1, 0.15) is 11.5 Å². The van der Waals surface area contributed by atoms with Crippen molar-refractivity contribution in [3.8, 4) is 17.1 Å². The van der Waals surface area contributed by atoms with Crippen molar-refractivity contribution in [3.05, 3.63) is 72.4 Å². The molecule has 3 aromatic heterocycles. The third-order valence-corrected chi connectivity index (χ3v) is 4.56. The Kier molecular flexibility index (Phi) is 4.30.